The van der Waals surface area contributed by atoms with E-state index >= 15 is 0 Å². The number of piperidine rings is 1. The van der Waals surface area contributed by atoms with Crippen molar-refractivity contribution in [1.29, 1.82) is 0 Å². The van der Waals surface area contributed by atoms with Gasteiger partial charge in [-0.2, -0.15) is 0 Å². The highest BCUT2D eigenvalue weighted by Gasteiger charge is 2.42. The molecule has 19 heavy (non-hydrogen) atoms. The minimum absolute atomic E-state index is 0.0347. The summed E-state index contributed by atoms with van der Waals surface area (Å²) >= 11 is 0. The third kappa shape index (κ3) is 2.78. The largest absolute Gasteiger partial charge is 0.374 e. The highest BCUT2D eigenvalue weighted by Crippen LogP contribution is 2.32. The van der Waals surface area contributed by atoms with Crippen molar-refractivity contribution in [3.05, 3.63) is 0 Å². The van der Waals surface area contributed by atoms with Gasteiger partial charge in [-0.25, -0.2) is 0 Å². The lowest BCUT2D eigenvalue weighted by atomic mass is 9.88. The SMILES string of the molecule is CC1OC(C)C(C(=O)NC2CCC(=O)NC2=O)C1C. The van der Waals surface area contributed by atoms with Crippen LogP contribution in [0.15, 0.2) is 0 Å². The molecule has 0 aromatic carbocycles. The van der Waals surface area contributed by atoms with Crippen molar-refractivity contribution >= 4 is 17.7 Å². The number of amides is 3. The molecule has 0 spiro atoms. The number of nitrogens with one attached hydrogen (secondary N) is 2. The fourth-order valence-electron chi connectivity index (χ4n) is 2.82. The van der Waals surface area contributed by atoms with Gasteiger partial charge in [0.05, 0.1) is 18.1 Å². The second-order valence-electron chi connectivity index (χ2n) is 5.44. The molecule has 2 aliphatic heterocycles. The quantitative estimate of drug-likeness (QED) is 0.689. The molecule has 0 saturated carbocycles. The van der Waals surface area contributed by atoms with Crippen LogP contribution in [0.1, 0.15) is 33.6 Å². The Morgan fingerprint density at radius 1 is 1.26 bits per heavy atom. The van der Waals surface area contributed by atoms with Gasteiger partial charge in [0.1, 0.15) is 6.04 Å². The summed E-state index contributed by atoms with van der Waals surface area (Å²) in [5.41, 5.74) is 0. The van der Waals surface area contributed by atoms with E-state index in [4.69, 9.17) is 4.74 Å². The molecule has 106 valence electrons. The van der Waals surface area contributed by atoms with Crippen molar-refractivity contribution in [1.82, 2.24) is 10.6 Å². The van der Waals surface area contributed by atoms with Gasteiger partial charge >= 0.3 is 0 Å². The number of imide groups is 1. The molecule has 2 aliphatic rings. The highest BCUT2D eigenvalue weighted by molar-refractivity contribution is 6.01. The van der Waals surface area contributed by atoms with E-state index in [9.17, 15) is 14.4 Å². The van der Waals surface area contributed by atoms with E-state index in [1.807, 2.05) is 20.8 Å². The van der Waals surface area contributed by atoms with Crippen molar-refractivity contribution in [2.24, 2.45) is 11.8 Å². The van der Waals surface area contributed by atoms with Crippen LogP contribution < -0.4 is 10.6 Å². The first-order valence-corrected chi connectivity index (χ1v) is 6.69. The van der Waals surface area contributed by atoms with Gasteiger partial charge in [-0.15, -0.1) is 0 Å². The Hall–Kier alpha value is -1.43. The van der Waals surface area contributed by atoms with Crippen LogP contribution in [-0.2, 0) is 19.1 Å². The standard InChI is InChI=1S/C13H20N2O4/c1-6-7(2)19-8(3)11(6)13(18)14-9-4-5-10(16)15-12(9)17/h6-9,11H,4-5H2,1-3H3,(H,14,18)(H,15,16,17). The number of ether oxygens (including phenoxy) is 1. The van der Waals surface area contributed by atoms with Crippen LogP contribution in [0.5, 0.6) is 0 Å². The third-order valence-electron chi connectivity index (χ3n) is 4.10. The van der Waals surface area contributed by atoms with Gasteiger partial charge in [-0.05, 0) is 26.2 Å². The number of carbonyl (C=O) groups is 3. The Morgan fingerprint density at radius 2 is 1.95 bits per heavy atom. The summed E-state index contributed by atoms with van der Waals surface area (Å²) < 4.78 is 5.62. The molecule has 0 aromatic rings. The predicted molar refractivity (Wildman–Crippen MR) is 67.0 cm³/mol. The number of hydrogen-bond donors (Lipinski definition) is 2. The number of carbonyl (C=O) groups excluding carboxylic acids is 3. The summed E-state index contributed by atoms with van der Waals surface area (Å²) in [6.45, 7) is 5.79. The van der Waals surface area contributed by atoms with Crippen LogP contribution in [-0.4, -0.2) is 36.0 Å². The monoisotopic (exact) mass is 268 g/mol. The molecule has 2 N–H and O–H groups in total. The molecular formula is C13H20N2O4. The maximum absolute atomic E-state index is 12.3. The second kappa shape index (κ2) is 5.28. The van der Waals surface area contributed by atoms with E-state index in [1.165, 1.54) is 0 Å². The van der Waals surface area contributed by atoms with E-state index < -0.39 is 11.9 Å². The molecule has 5 atom stereocenters. The van der Waals surface area contributed by atoms with Crippen molar-refractivity contribution in [2.45, 2.75) is 51.9 Å². The summed E-state index contributed by atoms with van der Waals surface area (Å²) in [5.74, 6) is -1.01. The number of hydrogen-bond acceptors (Lipinski definition) is 4. The van der Waals surface area contributed by atoms with Crippen LogP contribution >= 0.6 is 0 Å². The van der Waals surface area contributed by atoms with Gasteiger partial charge < -0.3 is 10.1 Å². The Morgan fingerprint density at radius 3 is 2.47 bits per heavy atom. The molecule has 6 heteroatoms. The fraction of sp³-hybridized carbons (Fsp3) is 0.769. The summed E-state index contributed by atoms with van der Waals surface area (Å²) in [7, 11) is 0. The molecule has 3 amide bonds. The Balaban J connectivity index is 1.97. The Bertz CT molecular complexity index is 409. The van der Waals surface area contributed by atoms with Gasteiger partial charge in [0.15, 0.2) is 0 Å². The average molecular weight is 268 g/mol. The lowest BCUT2D eigenvalue weighted by Gasteiger charge is -2.25. The molecule has 0 bridgehead atoms. The zero-order chi connectivity index (χ0) is 14.2. The molecular weight excluding hydrogens is 248 g/mol. The van der Waals surface area contributed by atoms with Gasteiger partial charge in [0.25, 0.3) is 0 Å². The van der Waals surface area contributed by atoms with E-state index in [0.29, 0.717) is 6.42 Å². The lowest BCUT2D eigenvalue weighted by molar-refractivity contribution is -0.138. The first-order chi connectivity index (χ1) is 8.90. The molecule has 2 rings (SSSR count). The summed E-state index contributed by atoms with van der Waals surface area (Å²) in [6, 6.07) is -0.611. The first-order valence-electron chi connectivity index (χ1n) is 6.69. The van der Waals surface area contributed by atoms with Gasteiger partial charge in [0.2, 0.25) is 17.7 Å². The van der Waals surface area contributed by atoms with Gasteiger partial charge in [0, 0.05) is 6.42 Å². The predicted octanol–water partition coefficient (Wildman–Crippen LogP) is -0.0327. The van der Waals surface area contributed by atoms with Gasteiger partial charge in [-0.1, -0.05) is 6.92 Å². The van der Waals surface area contributed by atoms with E-state index in [2.05, 4.69) is 10.6 Å². The second-order valence-corrected chi connectivity index (χ2v) is 5.44. The van der Waals surface area contributed by atoms with Crippen LogP contribution in [0.2, 0.25) is 0 Å². The lowest BCUT2D eigenvalue weighted by Crippen LogP contribution is -2.54. The number of rotatable bonds is 2. The molecule has 2 saturated heterocycles. The van der Waals surface area contributed by atoms with Crippen molar-refractivity contribution in [2.75, 3.05) is 0 Å². The zero-order valence-corrected chi connectivity index (χ0v) is 11.4. The van der Waals surface area contributed by atoms with Crippen LogP contribution in [0.25, 0.3) is 0 Å². The summed E-state index contributed by atoms with van der Waals surface area (Å²) in [6.07, 6.45) is 0.507. The zero-order valence-electron chi connectivity index (χ0n) is 11.4. The third-order valence-corrected chi connectivity index (χ3v) is 4.10. The molecule has 5 unspecified atom stereocenters. The minimum Gasteiger partial charge on any atom is -0.374 e. The van der Waals surface area contributed by atoms with Crippen LogP contribution in [0, 0.1) is 11.8 Å². The maximum Gasteiger partial charge on any atom is 0.249 e. The van der Waals surface area contributed by atoms with Crippen LogP contribution in [0.3, 0.4) is 0 Å². The summed E-state index contributed by atoms with van der Waals surface area (Å²) in [4.78, 5) is 34.9. The van der Waals surface area contributed by atoms with Crippen molar-refractivity contribution < 1.29 is 19.1 Å². The highest BCUT2D eigenvalue weighted by atomic mass is 16.5. The van der Waals surface area contributed by atoms with Crippen molar-refractivity contribution in [3.63, 3.8) is 0 Å². The normalized spacial score (nSPS) is 39.0. The smallest absolute Gasteiger partial charge is 0.249 e. The molecule has 2 fully saturated rings. The fourth-order valence-corrected chi connectivity index (χ4v) is 2.82. The van der Waals surface area contributed by atoms with Gasteiger partial charge in [-0.3, -0.25) is 19.7 Å². The molecule has 2 heterocycles. The molecule has 0 aromatic heterocycles. The van der Waals surface area contributed by atoms with E-state index in [0.717, 1.165) is 0 Å². The van der Waals surface area contributed by atoms with E-state index in [-0.39, 0.29) is 42.3 Å². The van der Waals surface area contributed by atoms with E-state index in [1.54, 1.807) is 0 Å². The maximum atomic E-state index is 12.3. The first kappa shape index (κ1) is 14.0. The average Bonchev–Trinajstić information content (AvgIpc) is 2.57. The van der Waals surface area contributed by atoms with Crippen molar-refractivity contribution in [3.8, 4) is 0 Å². The summed E-state index contributed by atoms with van der Waals surface area (Å²) in [5, 5.41) is 4.96. The Kier molecular flexibility index (Phi) is 3.89. The Labute approximate surface area is 112 Å². The minimum atomic E-state index is -0.611. The topological polar surface area (TPSA) is 84.5 Å². The molecule has 0 aliphatic carbocycles. The molecule has 0 radical (unpaired) electrons. The molecule has 6 nitrogen and oxygen atoms in total. The van der Waals surface area contributed by atoms with Crippen LogP contribution in [0.4, 0.5) is 0 Å².